The molecule has 0 amide bonds. The summed E-state index contributed by atoms with van der Waals surface area (Å²) in [6, 6.07) is 24.7. The third-order valence-corrected chi connectivity index (χ3v) is 8.49. The van der Waals surface area contributed by atoms with Crippen molar-refractivity contribution >= 4 is 27.5 Å². The van der Waals surface area contributed by atoms with E-state index in [4.69, 9.17) is 16.3 Å². The van der Waals surface area contributed by atoms with Gasteiger partial charge in [-0.2, -0.15) is 0 Å². The SMILES string of the molecule is OC1(CN2CCN(Cc3ccccc3)CC2)CCN(Cc2cc(Br)ccc2OCc2ccc(Cl)cc2)CC1. The minimum absolute atomic E-state index is 0.504. The fourth-order valence-corrected chi connectivity index (χ4v) is 5.98. The van der Waals surface area contributed by atoms with Gasteiger partial charge in [-0.05, 0) is 54.3 Å². The summed E-state index contributed by atoms with van der Waals surface area (Å²) in [5, 5.41) is 12.1. The van der Waals surface area contributed by atoms with E-state index in [0.717, 1.165) is 98.1 Å². The van der Waals surface area contributed by atoms with Crippen LogP contribution in [0.2, 0.25) is 5.02 Å². The normalized spacial score (nSPS) is 18.9. The topological polar surface area (TPSA) is 39.2 Å². The van der Waals surface area contributed by atoms with Crippen molar-refractivity contribution in [3.8, 4) is 5.75 Å². The van der Waals surface area contributed by atoms with E-state index < -0.39 is 5.60 Å². The van der Waals surface area contributed by atoms with E-state index in [2.05, 4.69) is 67.0 Å². The molecule has 3 aromatic rings. The highest BCUT2D eigenvalue weighted by atomic mass is 79.9. The number of halogens is 2. The van der Waals surface area contributed by atoms with Crippen molar-refractivity contribution in [2.75, 3.05) is 45.8 Å². The summed E-state index contributed by atoms with van der Waals surface area (Å²) >= 11 is 9.64. The number of piperidine rings is 1. The Bertz CT molecular complexity index is 1160. The van der Waals surface area contributed by atoms with Gasteiger partial charge in [0.15, 0.2) is 0 Å². The maximum Gasteiger partial charge on any atom is 0.124 e. The number of hydrogen-bond donors (Lipinski definition) is 1. The second-order valence-corrected chi connectivity index (χ2v) is 12.1. The van der Waals surface area contributed by atoms with E-state index >= 15 is 0 Å². The smallest absolute Gasteiger partial charge is 0.124 e. The van der Waals surface area contributed by atoms with Crippen LogP contribution in [-0.4, -0.2) is 71.2 Å². The molecule has 2 aliphatic rings. The molecule has 0 saturated carbocycles. The van der Waals surface area contributed by atoms with Gasteiger partial charge in [0.05, 0.1) is 5.60 Å². The summed E-state index contributed by atoms with van der Waals surface area (Å²) in [5.41, 5.74) is 3.01. The Balaban J connectivity index is 1.09. The molecule has 7 heteroatoms. The van der Waals surface area contributed by atoms with E-state index in [1.807, 2.05) is 36.4 Å². The van der Waals surface area contributed by atoms with Crippen LogP contribution in [0.15, 0.2) is 77.3 Å². The molecule has 0 aliphatic carbocycles. The second kappa shape index (κ2) is 12.9. The van der Waals surface area contributed by atoms with E-state index in [0.29, 0.717) is 6.61 Å². The molecule has 0 unspecified atom stereocenters. The molecule has 38 heavy (non-hydrogen) atoms. The Morgan fingerprint density at radius 2 is 1.42 bits per heavy atom. The Hall–Kier alpha value is -1.93. The largest absolute Gasteiger partial charge is 0.489 e. The number of β-amino-alcohol motifs (C(OH)–C–C–N with tert-alkyl or cyclic N) is 1. The predicted octanol–water partition coefficient (Wildman–Crippen LogP) is 5.83. The van der Waals surface area contributed by atoms with E-state index in [1.54, 1.807) is 0 Å². The molecule has 202 valence electrons. The summed E-state index contributed by atoms with van der Waals surface area (Å²) in [6.45, 7) is 9.00. The van der Waals surface area contributed by atoms with Gasteiger partial charge >= 0.3 is 0 Å². The van der Waals surface area contributed by atoms with Gasteiger partial charge in [-0.25, -0.2) is 0 Å². The Morgan fingerprint density at radius 3 is 2.13 bits per heavy atom. The molecule has 0 aromatic heterocycles. The maximum absolute atomic E-state index is 11.4. The first-order valence-corrected chi connectivity index (χ1v) is 14.7. The number of likely N-dealkylation sites (tertiary alicyclic amines) is 1. The standard InChI is InChI=1S/C31H37BrClN3O2/c32-28-8-11-30(38-23-26-6-9-29(33)10-7-26)27(20-28)22-34-14-12-31(37,13-15-34)24-36-18-16-35(17-19-36)21-25-4-2-1-3-5-25/h1-11,20,37H,12-19,21-24H2. The van der Waals surface area contributed by atoms with Crippen LogP contribution in [0.3, 0.4) is 0 Å². The summed E-state index contributed by atoms with van der Waals surface area (Å²) in [7, 11) is 0. The molecule has 2 heterocycles. The van der Waals surface area contributed by atoms with Gasteiger partial charge in [0.25, 0.3) is 0 Å². The van der Waals surface area contributed by atoms with Crippen LogP contribution in [0.5, 0.6) is 5.75 Å². The molecule has 3 aromatic carbocycles. The Morgan fingerprint density at radius 1 is 0.763 bits per heavy atom. The van der Waals surface area contributed by atoms with Crippen molar-refractivity contribution in [2.24, 2.45) is 0 Å². The van der Waals surface area contributed by atoms with E-state index in [-0.39, 0.29) is 0 Å². The third kappa shape index (κ3) is 7.81. The van der Waals surface area contributed by atoms with Gasteiger partial charge in [-0.3, -0.25) is 14.7 Å². The highest BCUT2D eigenvalue weighted by Crippen LogP contribution is 2.29. The van der Waals surface area contributed by atoms with Crippen LogP contribution in [0.25, 0.3) is 0 Å². The fraction of sp³-hybridized carbons (Fsp3) is 0.419. The van der Waals surface area contributed by atoms with Gasteiger partial charge < -0.3 is 9.84 Å². The van der Waals surface area contributed by atoms with Gasteiger partial charge in [0.1, 0.15) is 12.4 Å². The summed E-state index contributed by atoms with van der Waals surface area (Å²) in [6.07, 6.45) is 1.60. The predicted molar refractivity (Wildman–Crippen MR) is 158 cm³/mol. The molecule has 1 N–H and O–H groups in total. The second-order valence-electron chi connectivity index (χ2n) is 10.7. The first-order valence-electron chi connectivity index (χ1n) is 13.5. The van der Waals surface area contributed by atoms with Gasteiger partial charge in [-0.1, -0.05) is 70.0 Å². The van der Waals surface area contributed by atoms with Crippen LogP contribution in [0, 0.1) is 0 Å². The third-order valence-electron chi connectivity index (χ3n) is 7.74. The number of hydrogen-bond acceptors (Lipinski definition) is 5. The quantitative estimate of drug-likeness (QED) is 0.336. The van der Waals surface area contributed by atoms with Crippen LogP contribution >= 0.6 is 27.5 Å². The minimum atomic E-state index is -0.608. The minimum Gasteiger partial charge on any atom is -0.489 e. The van der Waals surface area contributed by atoms with Crippen molar-refractivity contribution in [2.45, 2.75) is 38.1 Å². The van der Waals surface area contributed by atoms with Crippen molar-refractivity contribution in [3.63, 3.8) is 0 Å². The zero-order chi connectivity index (χ0) is 26.4. The maximum atomic E-state index is 11.4. The Labute approximate surface area is 240 Å². The summed E-state index contributed by atoms with van der Waals surface area (Å²) in [4.78, 5) is 7.40. The zero-order valence-corrected chi connectivity index (χ0v) is 24.2. The van der Waals surface area contributed by atoms with Crippen LogP contribution in [-0.2, 0) is 19.7 Å². The van der Waals surface area contributed by atoms with Crippen molar-refractivity contribution in [1.82, 2.24) is 14.7 Å². The van der Waals surface area contributed by atoms with Crippen molar-refractivity contribution < 1.29 is 9.84 Å². The molecule has 0 bridgehead atoms. The molecule has 5 nitrogen and oxygen atoms in total. The molecule has 0 radical (unpaired) electrons. The summed E-state index contributed by atoms with van der Waals surface area (Å²) < 4.78 is 7.24. The molecule has 2 aliphatic heterocycles. The van der Waals surface area contributed by atoms with E-state index in [1.165, 1.54) is 5.56 Å². The van der Waals surface area contributed by atoms with Gasteiger partial charge in [0.2, 0.25) is 0 Å². The molecule has 2 saturated heterocycles. The highest BCUT2D eigenvalue weighted by Gasteiger charge is 2.35. The fourth-order valence-electron chi connectivity index (χ4n) is 5.44. The number of nitrogens with zero attached hydrogens (tertiary/aromatic N) is 3. The average Bonchev–Trinajstić information content (AvgIpc) is 2.92. The molecule has 0 atom stereocenters. The average molecular weight is 599 g/mol. The van der Waals surface area contributed by atoms with Crippen LogP contribution < -0.4 is 4.74 Å². The number of piperazine rings is 1. The molecule has 2 fully saturated rings. The molecule has 0 spiro atoms. The lowest BCUT2D eigenvalue weighted by Crippen LogP contribution is -2.54. The molecule has 5 rings (SSSR count). The van der Waals surface area contributed by atoms with Gasteiger partial charge in [0, 0.05) is 74.0 Å². The van der Waals surface area contributed by atoms with Crippen LogP contribution in [0.1, 0.15) is 29.5 Å². The number of aliphatic hydroxyl groups is 1. The lowest BCUT2D eigenvalue weighted by Gasteiger charge is -2.43. The van der Waals surface area contributed by atoms with Gasteiger partial charge in [-0.15, -0.1) is 0 Å². The lowest BCUT2D eigenvalue weighted by molar-refractivity contribution is -0.0541. The van der Waals surface area contributed by atoms with Crippen molar-refractivity contribution in [3.05, 3.63) is 99.0 Å². The first-order chi connectivity index (χ1) is 18.4. The highest BCUT2D eigenvalue weighted by molar-refractivity contribution is 9.10. The van der Waals surface area contributed by atoms with Crippen LogP contribution in [0.4, 0.5) is 0 Å². The zero-order valence-electron chi connectivity index (χ0n) is 21.9. The number of benzene rings is 3. The molecular formula is C31H37BrClN3O2. The lowest BCUT2D eigenvalue weighted by atomic mass is 9.90. The number of ether oxygens (including phenoxy) is 1. The monoisotopic (exact) mass is 597 g/mol. The number of rotatable bonds is 9. The Kier molecular flexibility index (Phi) is 9.41. The van der Waals surface area contributed by atoms with E-state index in [9.17, 15) is 5.11 Å². The first kappa shape index (κ1) is 27.6. The molecular weight excluding hydrogens is 562 g/mol. The summed E-state index contributed by atoms with van der Waals surface area (Å²) in [5.74, 6) is 0.900. The van der Waals surface area contributed by atoms with Crippen molar-refractivity contribution in [1.29, 1.82) is 0 Å².